The van der Waals surface area contributed by atoms with Crippen LogP contribution in [0.25, 0.3) is 11.0 Å². The monoisotopic (exact) mass is 322 g/mol. The topological polar surface area (TPSA) is 59.7 Å². The summed E-state index contributed by atoms with van der Waals surface area (Å²) >= 11 is 7.85. The van der Waals surface area contributed by atoms with Crippen molar-refractivity contribution in [2.75, 3.05) is 7.05 Å². The highest BCUT2D eigenvalue weighted by Crippen LogP contribution is 2.20. The first kappa shape index (κ1) is 14.4. The lowest BCUT2D eigenvalue weighted by molar-refractivity contribution is 0.307. The first-order valence-corrected chi connectivity index (χ1v) is 7.72. The van der Waals surface area contributed by atoms with Gasteiger partial charge in [-0.25, -0.2) is 15.0 Å². The molecule has 3 rings (SSSR count). The molecule has 3 aromatic heterocycles. The Morgan fingerprint density at radius 2 is 2.10 bits per heavy atom. The third-order valence-electron chi connectivity index (χ3n) is 3.10. The molecular formula is C13H15ClN6S. The van der Waals surface area contributed by atoms with Crippen molar-refractivity contribution < 1.29 is 0 Å². The second kappa shape index (κ2) is 5.67. The number of hydrogen-bond donors (Lipinski definition) is 0. The molecule has 0 bridgehead atoms. The molecule has 0 fully saturated rings. The molecule has 110 valence electrons. The largest absolute Gasteiger partial charge is 0.293 e. The summed E-state index contributed by atoms with van der Waals surface area (Å²) in [4.78, 5) is 15.4. The van der Waals surface area contributed by atoms with Crippen molar-refractivity contribution in [3.8, 4) is 0 Å². The normalized spacial score (nSPS) is 11.7. The SMILES string of the molecule is Cc1nc(CN(C)Cc2nc(Cl)c3cnn(C)c3n2)cs1. The zero-order valence-electron chi connectivity index (χ0n) is 12.0. The Bertz CT molecular complexity index is 780. The van der Waals surface area contributed by atoms with Gasteiger partial charge in [-0.3, -0.25) is 9.58 Å². The molecule has 0 N–H and O–H groups in total. The fraction of sp³-hybridized carbons (Fsp3) is 0.385. The summed E-state index contributed by atoms with van der Waals surface area (Å²) in [6, 6.07) is 0. The van der Waals surface area contributed by atoms with E-state index in [4.69, 9.17) is 11.6 Å². The molecule has 21 heavy (non-hydrogen) atoms. The number of thiazole rings is 1. The van der Waals surface area contributed by atoms with Gasteiger partial charge in [-0.1, -0.05) is 11.6 Å². The molecule has 0 aromatic carbocycles. The molecule has 0 amide bonds. The number of aromatic nitrogens is 5. The highest BCUT2D eigenvalue weighted by Gasteiger charge is 2.12. The summed E-state index contributed by atoms with van der Waals surface area (Å²) in [7, 11) is 3.86. The molecular weight excluding hydrogens is 308 g/mol. The Morgan fingerprint density at radius 3 is 2.81 bits per heavy atom. The van der Waals surface area contributed by atoms with Crippen molar-refractivity contribution in [3.05, 3.63) is 33.3 Å². The molecule has 8 heteroatoms. The quantitative estimate of drug-likeness (QED) is 0.690. The van der Waals surface area contributed by atoms with Crippen molar-refractivity contribution in [2.24, 2.45) is 7.05 Å². The lowest BCUT2D eigenvalue weighted by Crippen LogP contribution is -2.19. The lowest BCUT2D eigenvalue weighted by atomic mass is 10.4. The lowest BCUT2D eigenvalue weighted by Gasteiger charge is -2.14. The van der Waals surface area contributed by atoms with E-state index in [-0.39, 0.29) is 0 Å². The van der Waals surface area contributed by atoms with Crippen LogP contribution in [0.1, 0.15) is 16.5 Å². The Labute approximate surface area is 131 Å². The van der Waals surface area contributed by atoms with Crippen LogP contribution >= 0.6 is 22.9 Å². The predicted octanol–water partition coefficient (Wildman–Crippen LogP) is 2.41. The van der Waals surface area contributed by atoms with Crippen LogP contribution in [0.2, 0.25) is 5.15 Å². The van der Waals surface area contributed by atoms with Gasteiger partial charge in [0.2, 0.25) is 0 Å². The molecule has 6 nitrogen and oxygen atoms in total. The summed E-state index contributed by atoms with van der Waals surface area (Å²) < 4.78 is 1.70. The van der Waals surface area contributed by atoms with Gasteiger partial charge in [-0.05, 0) is 14.0 Å². The zero-order valence-corrected chi connectivity index (χ0v) is 13.6. The van der Waals surface area contributed by atoms with Gasteiger partial charge in [-0.15, -0.1) is 11.3 Å². The maximum Gasteiger partial charge on any atom is 0.162 e. The summed E-state index contributed by atoms with van der Waals surface area (Å²) in [6.45, 7) is 3.37. The van der Waals surface area contributed by atoms with Crippen LogP contribution in [0.3, 0.4) is 0 Å². The van der Waals surface area contributed by atoms with E-state index in [2.05, 4.69) is 30.3 Å². The minimum atomic E-state index is 0.445. The first-order chi connectivity index (χ1) is 10.0. The van der Waals surface area contributed by atoms with Crippen LogP contribution in [-0.4, -0.2) is 36.7 Å². The second-order valence-electron chi connectivity index (χ2n) is 4.97. The number of nitrogens with zero attached hydrogens (tertiary/aromatic N) is 6. The standard InChI is InChI=1S/C13H15ClN6S/c1-8-16-9(7-21-8)5-19(2)6-11-17-12(14)10-4-15-20(3)13(10)18-11/h4,7H,5-6H2,1-3H3. The van der Waals surface area contributed by atoms with Gasteiger partial charge < -0.3 is 0 Å². The fourth-order valence-electron chi connectivity index (χ4n) is 2.16. The summed E-state index contributed by atoms with van der Waals surface area (Å²) in [5, 5.41) is 8.53. The second-order valence-corrected chi connectivity index (χ2v) is 6.39. The zero-order chi connectivity index (χ0) is 15.0. The van der Waals surface area contributed by atoms with E-state index in [1.165, 1.54) is 0 Å². The highest BCUT2D eigenvalue weighted by atomic mass is 35.5. The third-order valence-corrected chi connectivity index (χ3v) is 4.21. The molecule has 3 aromatic rings. The molecule has 0 aliphatic carbocycles. The minimum Gasteiger partial charge on any atom is -0.293 e. The molecule has 0 unspecified atom stereocenters. The summed E-state index contributed by atoms with van der Waals surface area (Å²) in [5.41, 5.74) is 1.82. The Balaban J connectivity index is 1.79. The van der Waals surface area contributed by atoms with E-state index in [1.807, 2.05) is 21.0 Å². The van der Waals surface area contributed by atoms with Crippen LogP contribution in [0, 0.1) is 6.92 Å². The molecule has 0 saturated heterocycles. The van der Waals surface area contributed by atoms with Gasteiger partial charge in [0.25, 0.3) is 0 Å². The number of hydrogen-bond acceptors (Lipinski definition) is 6. The van der Waals surface area contributed by atoms with E-state index >= 15 is 0 Å². The summed E-state index contributed by atoms with van der Waals surface area (Å²) in [6.07, 6.45) is 1.68. The van der Waals surface area contributed by atoms with Crippen molar-refractivity contribution in [3.63, 3.8) is 0 Å². The van der Waals surface area contributed by atoms with Gasteiger partial charge in [-0.2, -0.15) is 5.10 Å². The number of fused-ring (bicyclic) bond motifs is 1. The van der Waals surface area contributed by atoms with Crippen LogP contribution in [-0.2, 0) is 20.1 Å². The van der Waals surface area contributed by atoms with Gasteiger partial charge >= 0.3 is 0 Å². The number of rotatable bonds is 4. The smallest absolute Gasteiger partial charge is 0.162 e. The van der Waals surface area contributed by atoms with Crippen LogP contribution in [0.4, 0.5) is 0 Å². The Kier molecular flexibility index (Phi) is 3.88. The molecule has 0 radical (unpaired) electrons. The minimum absolute atomic E-state index is 0.445. The van der Waals surface area contributed by atoms with Crippen molar-refractivity contribution in [1.82, 2.24) is 29.6 Å². The van der Waals surface area contributed by atoms with Crippen molar-refractivity contribution >= 4 is 34.0 Å². The van der Waals surface area contributed by atoms with E-state index in [0.29, 0.717) is 17.5 Å². The average molecular weight is 323 g/mol. The maximum atomic E-state index is 6.19. The molecule has 3 heterocycles. The molecule has 0 aliphatic rings. The number of aryl methyl sites for hydroxylation is 2. The fourth-order valence-corrected chi connectivity index (χ4v) is 2.99. The maximum absolute atomic E-state index is 6.19. The highest BCUT2D eigenvalue weighted by molar-refractivity contribution is 7.09. The first-order valence-electron chi connectivity index (χ1n) is 6.46. The van der Waals surface area contributed by atoms with Gasteiger partial charge in [0.1, 0.15) is 11.0 Å². The molecule has 0 atom stereocenters. The van der Waals surface area contributed by atoms with E-state index in [9.17, 15) is 0 Å². The van der Waals surface area contributed by atoms with E-state index in [1.54, 1.807) is 22.2 Å². The third kappa shape index (κ3) is 3.04. The number of halogens is 1. The van der Waals surface area contributed by atoms with Crippen LogP contribution < -0.4 is 0 Å². The van der Waals surface area contributed by atoms with Gasteiger partial charge in [0, 0.05) is 19.0 Å². The van der Waals surface area contributed by atoms with Crippen molar-refractivity contribution in [2.45, 2.75) is 20.0 Å². The van der Waals surface area contributed by atoms with Crippen LogP contribution in [0.5, 0.6) is 0 Å². The van der Waals surface area contributed by atoms with Crippen molar-refractivity contribution in [1.29, 1.82) is 0 Å². The van der Waals surface area contributed by atoms with E-state index in [0.717, 1.165) is 28.3 Å². The predicted molar refractivity (Wildman–Crippen MR) is 83.3 cm³/mol. The summed E-state index contributed by atoms with van der Waals surface area (Å²) in [5.74, 6) is 0.686. The van der Waals surface area contributed by atoms with Gasteiger partial charge in [0.05, 0.1) is 28.8 Å². The average Bonchev–Trinajstić information content (AvgIpc) is 2.97. The Hall–Kier alpha value is -1.57. The van der Waals surface area contributed by atoms with E-state index < -0.39 is 0 Å². The molecule has 0 aliphatic heterocycles. The molecule has 0 spiro atoms. The van der Waals surface area contributed by atoms with Crippen LogP contribution in [0.15, 0.2) is 11.6 Å². The van der Waals surface area contributed by atoms with Gasteiger partial charge in [0.15, 0.2) is 5.65 Å². The molecule has 0 saturated carbocycles. The Morgan fingerprint density at radius 1 is 1.29 bits per heavy atom.